The maximum Gasteiger partial charge on any atom is 0.225 e. The summed E-state index contributed by atoms with van der Waals surface area (Å²) in [4.78, 5) is 0. The highest BCUT2D eigenvalue weighted by molar-refractivity contribution is 5.39. The summed E-state index contributed by atoms with van der Waals surface area (Å²) in [6.45, 7) is -0.543. The Morgan fingerprint density at radius 3 is 2.57 bits per heavy atom. The lowest BCUT2D eigenvalue weighted by atomic mass is 9.87. The van der Waals surface area contributed by atoms with Gasteiger partial charge in [0.15, 0.2) is 0 Å². The van der Waals surface area contributed by atoms with Gasteiger partial charge in [0.05, 0.1) is 19.8 Å². The van der Waals surface area contributed by atoms with E-state index in [1.165, 1.54) is 0 Å². The summed E-state index contributed by atoms with van der Waals surface area (Å²) in [6.07, 6.45) is -5.51. The molecule has 1 fully saturated rings. The van der Waals surface area contributed by atoms with Gasteiger partial charge in [-0.25, -0.2) is 0 Å². The van der Waals surface area contributed by atoms with Gasteiger partial charge in [-0.1, -0.05) is 12.1 Å². The van der Waals surface area contributed by atoms with Crippen molar-refractivity contribution in [1.29, 1.82) is 0 Å². The largest absolute Gasteiger partial charge is 0.394 e. The molecule has 7 heteroatoms. The fraction of sp³-hybridized carbons (Fsp3) is 0.571. The lowest BCUT2D eigenvalue weighted by molar-refractivity contribution is -0.368. The molecule has 0 amide bonds. The second-order valence-electron chi connectivity index (χ2n) is 5.37. The molecule has 7 nitrogen and oxygen atoms in total. The predicted molar refractivity (Wildman–Crippen MR) is 68.8 cm³/mol. The lowest BCUT2D eigenvalue weighted by Crippen LogP contribution is -2.63. The molecule has 0 aromatic heterocycles. The zero-order valence-corrected chi connectivity index (χ0v) is 11.2. The molecule has 0 aliphatic carbocycles. The summed E-state index contributed by atoms with van der Waals surface area (Å²) in [5.41, 5.74) is 1.85. The molecule has 0 saturated carbocycles. The summed E-state index contributed by atoms with van der Waals surface area (Å²) >= 11 is 0. The highest BCUT2D eigenvalue weighted by Gasteiger charge is 2.58. The second-order valence-corrected chi connectivity index (χ2v) is 5.37. The minimum absolute atomic E-state index is 0.166. The van der Waals surface area contributed by atoms with Crippen molar-refractivity contribution in [2.75, 3.05) is 6.61 Å². The van der Waals surface area contributed by atoms with E-state index in [0.717, 1.165) is 5.56 Å². The van der Waals surface area contributed by atoms with Crippen LogP contribution in [0.15, 0.2) is 18.2 Å². The maximum absolute atomic E-state index is 10.3. The summed E-state index contributed by atoms with van der Waals surface area (Å²) in [5.74, 6) is -1.65. The van der Waals surface area contributed by atoms with Gasteiger partial charge in [0.25, 0.3) is 0 Å². The van der Waals surface area contributed by atoms with Gasteiger partial charge in [0.1, 0.15) is 24.4 Å². The van der Waals surface area contributed by atoms with Crippen LogP contribution in [0.25, 0.3) is 0 Å². The van der Waals surface area contributed by atoms with Gasteiger partial charge in [-0.05, 0) is 17.2 Å². The molecule has 116 valence electrons. The highest BCUT2D eigenvalue weighted by atomic mass is 16.7. The van der Waals surface area contributed by atoms with Crippen LogP contribution in [0.1, 0.15) is 16.7 Å². The number of hydrogen-bond acceptors (Lipinski definition) is 7. The molecule has 0 radical (unpaired) electrons. The van der Waals surface area contributed by atoms with E-state index in [9.17, 15) is 25.5 Å². The van der Waals surface area contributed by atoms with E-state index in [4.69, 9.17) is 9.47 Å². The number of fused-ring (bicyclic) bond motifs is 2. The van der Waals surface area contributed by atoms with Gasteiger partial charge in [-0.3, -0.25) is 0 Å². The number of hydrogen-bond donors (Lipinski definition) is 5. The molecule has 0 bridgehead atoms. The third-order valence-electron chi connectivity index (χ3n) is 4.12. The number of ether oxygens (including phenoxy) is 2. The second kappa shape index (κ2) is 5.29. The molecule has 3 rings (SSSR count). The SMILES string of the molecule is OCc1ccc2c(c1)C1(OC2)OC(CO)C(O)C(O)C1O. The Morgan fingerprint density at radius 1 is 1.14 bits per heavy atom. The van der Waals surface area contributed by atoms with Crippen LogP contribution in [0.5, 0.6) is 0 Å². The van der Waals surface area contributed by atoms with Gasteiger partial charge >= 0.3 is 0 Å². The molecule has 1 aromatic rings. The number of benzene rings is 1. The number of aliphatic hydroxyl groups excluding tert-OH is 5. The maximum atomic E-state index is 10.3. The Bertz CT molecular complexity index is 532. The molecular weight excluding hydrogens is 280 g/mol. The van der Waals surface area contributed by atoms with E-state index in [-0.39, 0.29) is 13.2 Å². The first-order valence-electron chi connectivity index (χ1n) is 6.73. The highest BCUT2D eigenvalue weighted by Crippen LogP contribution is 2.45. The van der Waals surface area contributed by atoms with Crippen molar-refractivity contribution in [2.45, 2.75) is 43.4 Å². The monoisotopic (exact) mass is 298 g/mol. The van der Waals surface area contributed by atoms with Crippen LogP contribution in [-0.4, -0.2) is 56.6 Å². The summed E-state index contributed by atoms with van der Waals surface area (Å²) in [7, 11) is 0. The molecule has 2 heterocycles. The molecule has 2 aliphatic heterocycles. The van der Waals surface area contributed by atoms with Gasteiger partial charge in [-0.15, -0.1) is 0 Å². The zero-order chi connectivity index (χ0) is 15.2. The quantitative estimate of drug-likeness (QED) is 0.443. The fourth-order valence-electron chi connectivity index (χ4n) is 2.92. The van der Waals surface area contributed by atoms with E-state index in [1.807, 2.05) is 0 Å². The van der Waals surface area contributed by atoms with Crippen molar-refractivity contribution in [3.8, 4) is 0 Å². The summed E-state index contributed by atoms with van der Waals surface area (Å²) in [6, 6.07) is 5.10. The first kappa shape index (κ1) is 14.9. The molecule has 5 unspecified atom stereocenters. The van der Waals surface area contributed by atoms with E-state index in [0.29, 0.717) is 11.1 Å². The molecule has 1 saturated heterocycles. The Kier molecular flexibility index (Phi) is 3.74. The normalized spacial score (nSPS) is 38.7. The summed E-state index contributed by atoms with van der Waals surface area (Å²) < 4.78 is 11.2. The van der Waals surface area contributed by atoms with Crippen LogP contribution < -0.4 is 0 Å². The summed E-state index contributed by atoms with van der Waals surface area (Å²) in [5, 5.41) is 48.7. The first-order chi connectivity index (χ1) is 10.0. The van der Waals surface area contributed by atoms with Crippen molar-refractivity contribution in [1.82, 2.24) is 0 Å². The van der Waals surface area contributed by atoms with Crippen LogP contribution in [-0.2, 0) is 28.5 Å². The topological polar surface area (TPSA) is 120 Å². The van der Waals surface area contributed by atoms with Gasteiger partial charge < -0.3 is 35.0 Å². The minimum Gasteiger partial charge on any atom is -0.394 e. The van der Waals surface area contributed by atoms with Crippen molar-refractivity contribution >= 4 is 0 Å². The van der Waals surface area contributed by atoms with Crippen molar-refractivity contribution in [2.24, 2.45) is 0 Å². The van der Waals surface area contributed by atoms with Crippen molar-refractivity contribution in [3.63, 3.8) is 0 Å². The van der Waals surface area contributed by atoms with Crippen LogP contribution in [0.2, 0.25) is 0 Å². The van der Waals surface area contributed by atoms with Crippen molar-refractivity contribution in [3.05, 3.63) is 34.9 Å². The third kappa shape index (κ3) is 2.09. The zero-order valence-electron chi connectivity index (χ0n) is 11.2. The van der Waals surface area contributed by atoms with Gasteiger partial charge in [0, 0.05) is 5.56 Å². The van der Waals surface area contributed by atoms with Gasteiger partial charge in [0.2, 0.25) is 5.79 Å². The van der Waals surface area contributed by atoms with Crippen LogP contribution in [0.3, 0.4) is 0 Å². The Hall–Kier alpha value is -1.06. The molecule has 5 N–H and O–H groups in total. The molecule has 21 heavy (non-hydrogen) atoms. The van der Waals surface area contributed by atoms with Crippen LogP contribution in [0.4, 0.5) is 0 Å². The van der Waals surface area contributed by atoms with E-state index < -0.39 is 36.8 Å². The van der Waals surface area contributed by atoms with Crippen LogP contribution >= 0.6 is 0 Å². The Labute approximate surface area is 121 Å². The van der Waals surface area contributed by atoms with Gasteiger partial charge in [-0.2, -0.15) is 0 Å². The van der Waals surface area contributed by atoms with Crippen molar-refractivity contribution < 1.29 is 35.0 Å². The number of aliphatic hydroxyl groups is 5. The fourth-order valence-corrected chi connectivity index (χ4v) is 2.92. The van der Waals surface area contributed by atoms with E-state index in [2.05, 4.69) is 0 Å². The molecule has 5 atom stereocenters. The minimum atomic E-state index is -1.65. The van der Waals surface area contributed by atoms with Crippen LogP contribution in [0, 0.1) is 0 Å². The van der Waals surface area contributed by atoms with E-state index >= 15 is 0 Å². The van der Waals surface area contributed by atoms with E-state index in [1.54, 1.807) is 18.2 Å². The average molecular weight is 298 g/mol. The molecule has 2 aliphatic rings. The molecule has 1 spiro atoms. The smallest absolute Gasteiger partial charge is 0.225 e. The Morgan fingerprint density at radius 2 is 1.90 bits per heavy atom. The Balaban J connectivity index is 2.06. The molecule has 1 aromatic carbocycles. The molecular formula is C14H18O7. The lowest BCUT2D eigenvalue weighted by Gasteiger charge is -2.46. The predicted octanol–water partition coefficient (Wildman–Crippen LogP) is -1.66. The first-order valence-corrected chi connectivity index (χ1v) is 6.73. The third-order valence-corrected chi connectivity index (χ3v) is 4.12. The standard InChI is InChI=1S/C14H18O7/c15-4-7-1-2-8-6-20-14(9(8)3-7)13(19)12(18)11(17)10(5-16)21-14/h1-3,10-13,15-19H,4-6H2. The number of rotatable bonds is 2. The average Bonchev–Trinajstić information content (AvgIpc) is 2.88.